The van der Waals surface area contributed by atoms with Crippen molar-refractivity contribution in [2.24, 2.45) is 0 Å². The fourth-order valence-electron chi connectivity index (χ4n) is 2.48. The number of amides is 2. The van der Waals surface area contributed by atoms with Crippen LogP contribution in [0.1, 0.15) is 37.0 Å². The molecule has 2 aromatic carbocycles. The standard InChI is InChI=1S/C21H26N2O4/c1-3-22-21(25)16-9-7-10-17(15-16)23-20(24)13-8-14-27-19-12-6-5-11-18(19)26-4-2/h5-7,9-12,15H,3-4,8,13-14H2,1-2H3,(H,22,25)(H,23,24). The molecule has 144 valence electrons. The molecule has 0 aliphatic heterocycles. The third-order valence-corrected chi connectivity index (χ3v) is 3.70. The van der Waals surface area contributed by atoms with Crippen LogP contribution >= 0.6 is 0 Å². The molecule has 0 radical (unpaired) electrons. The number of hydrogen-bond donors (Lipinski definition) is 2. The molecule has 6 nitrogen and oxygen atoms in total. The number of carbonyl (C=O) groups excluding carboxylic acids is 2. The molecule has 6 heteroatoms. The summed E-state index contributed by atoms with van der Waals surface area (Å²) in [4.78, 5) is 24.0. The maximum atomic E-state index is 12.1. The van der Waals surface area contributed by atoms with Crippen molar-refractivity contribution in [3.63, 3.8) is 0 Å². The van der Waals surface area contributed by atoms with E-state index in [1.807, 2.05) is 38.1 Å². The Labute approximate surface area is 159 Å². The first-order valence-electron chi connectivity index (χ1n) is 9.16. The Balaban J connectivity index is 1.78. The average molecular weight is 370 g/mol. The van der Waals surface area contributed by atoms with Gasteiger partial charge in [-0.15, -0.1) is 0 Å². The normalized spacial score (nSPS) is 10.1. The van der Waals surface area contributed by atoms with Crippen LogP contribution in [0.4, 0.5) is 5.69 Å². The first kappa shape index (κ1) is 20.3. The molecule has 0 heterocycles. The topological polar surface area (TPSA) is 76.7 Å². The zero-order valence-corrected chi connectivity index (χ0v) is 15.8. The number of benzene rings is 2. The van der Waals surface area contributed by atoms with Gasteiger partial charge in [0.25, 0.3) is 5.91 Å². The number of ether oxygens (including phenoxy) is 2. The molecular formula is C21H26N2O4. The first-order valence-corrected chi connectivity index (χ1v) is 9.16. The molecule has 2 amide bonds. The van der Waals surface area contributed by atoms with Crippen molar-refractivity contribution in [2.75, 3.05) is 25.1 Å². The van der Waals surface area contributed by atoms with E-state index in [0.717, 1.165) is 0 Å². The monoisotopic (exact) mass is 370 g/mol. The Morgan fingerprint density at radius 2 is 1.70 bits per heavy atom. The predicted octanol–water partition coefficient (Wildman–Crippen LogP) is 3.63. The van der Waals surface area contributed by atoms with Crippen molar-refractivity contribution in [3.8, 4) is 11.5 Å². The van der Waals surface area contributed by atoms with E-state index in [1.54, 1.807) is 24.3 Å². The molecule has 0 atom stereocenters. The van der Waals surface area contributed by atoms with Crippen LogP contribution in [0, 0.1) is 0 Å². The van der Waals surface area contributed by atoms with Crippen molar-refractivity contribution < 1.29 is 19.1 Å². The molecule has 0 aliphatic rings. The van der Waals surface area contributed by atoms with E-state index in [2.05, 4.69) is 10.6 Å². The van der Waals surface area contributed by atoms with E-state index >= 15 is 0 Å². The minimum Gasteiger partial charge on any atom is -0.490 e. The molecular weight excluding hydrogens is 344 g/mol. The lowest BCUT2D eigenvalue weighted by Gasteiger charge is -2.11. The summed E-state index contributed by atoms with van der Waals surface area (Å²) in [6.45, 7) is 5.32. The highest BCUT2D eigenvalue weighted by atomic mass is 16.5. The Bertz CT molecular complexity index is 761. The fraction of sp³-hybridized carbons (Fsp3) is 0.333. The van der Waals surface area contributed by atoms with Crippen LogP contribution in [0.2, 0.25) is 0 Å². The van der Waals surface area contributed by atoms with Gasteiger partial charge < -0.3 is 20.1 Å². The van der Waals surface area contributed by atoms with Crippen LogP contribution in [0.5, 0.6) is 11.5 Å². The van der Waals surface area contributed by atoms with Gasteiger partial charge in [0.15, 0.2) is 11.5 Å². The fourth-order valence-corrected chi connectivity index (χ4v) is 2.48. The van der Waals surface area contributed by atoms with Gasteiger partial charge in [-0.1, -0.05) is 18.2 Å². The molecule has 0 saturated carbocycles. The van der Waals surface area contributed by atoms with E-state index in [0.29, 0.717) is 55.4 Å². The predicted molar refractivity (Wildman–Crippen MR) is 105 cm³/mol. The largest absolute Gasteiger partial charge is 0.490 e. The molecule has 0 bridgehead atoms. The van der Waals surface area contributed by atoms with Gasteiger partial charge in [-0.25, -0.2) is 0 Å². The first-order chi connectivity index (χ1) is 13.1. The van der Waals surface area contributed by atoms with Crippen molar-refractivity contribution in [3.05, 3.63) is 54.1 Å². The molecule has 0 unspecified atom stereocenters. The highest BCUT2D eigenvalue weighted by Crippen LogP contribution is 2.26. The minimum absolute atomic E-state index is 0.121. The molecule has 0 aromatic heterocycles. The van der Waals surface area contributed by atoms with Crippen LogP contribution in [0.15, 0.2) is 48.5 Å². The quantitative estimate of drug-likeness (QED) is 0.626. The summed E-state index contributed by atoms with van der Waals surface area (Å²) in [6.07, 6.45) is 0.893. The lowest BCUT2D eigenvalue weighted by molar-refractivity contribution is -0.116. The second-order valence-corrected chi connectivity index (χ2v) is 5.82. The van der Waals surface area contributed by atoms with Gasteiger partial charge in [0.05, 0.1) is 13.2 Å². The van der Waals surface area contributed by atoms with Crippen molar-refractivity contribution in [1.29, 1.82) is 0 Å². The summed E-state index contributed by atoms with van der Waals surface area (Å²) in [5.74, 6) is 1.10. The summed E-state index contributed by atoms with van der Waals surface area (Å²) in [5, 5.41) is 5.55. The van der Waals surface area contributed by atoms with E-state index in [1.165, 1.54) is 0 Å². The van der Waals surface area contributed by atoms with E-state index in [4.69, 9.17) is 9.47 Å². The van der Waals surface area contributed by atoms with Gasteiger partial charge in [0.1, 0.15) is 0 Å². The van der Waals surface area contributed by atoms with Crippen LogP contribution in [-0.4, -0.2) is 31.6 Å². The number of anilines is 1. The Kier molecular flexibility index (Phi) is 8.16. The van der Waals surface area contributed by atoms with Crippen LogP contribution in [0.25, 0.3) is 0 Å². The lowest BCUT2D eigenvalue weighted by Crippen LogP contribution is -2.22. The zero-order valence-electron chi connectivity index (χ0n) is 15.8. The molecule has 2 rings (SSSR count). The Hall–Kier alpha value is -3.02. The van der Waals surface area contributed by atoms with Gasteiger partial charge in [0, 0.05) is 24.2 Å². The van der Waals surface area contributed by atoms with E-state index < -0.39 is 0 Å². The number of carbonyl (C=O) groups is 2. The van der Waals surface area contributed by atoms with Crippen LogP contribution < -0.4 is 20.1 Å². The minimum atomic E-state index is -0.157. The van der Waals surface area contributed by atoms with Gasteiger partial charge in [0.2, 0.25) is 5.91 Å². The number of para-hydroxylation sites is 2. The maximum Gasteiger partial charge on any atom is 0.251 e. The molecule has 2 N–H and O–H groups in total. The number of hydrogen-bond acceptors (Lipinski definition) is 4. The third kappa shape index (κ3) is 6.66. The van der Waals surface area contributed by atoms with E-state index in [9.17, 15) is 9.59 Å². The smallest absolute Gasteiger partial charge is 0.251 e. The average Bonchev–Trinajstić information content (AvgIpc) is 2.67. The van der Waals surface area contributed by atoms with Crippen LogP contribution in [-0.2, 0) is 4.79 Å². The highest BCUT2D eigenvalue weighted by Gasteiger charge is 2.08. The van der Waals surface area contributed by atoms with Crippen LogP contribution in [0.3, 0.4) is 0 Å². The van der Waals surface area contributed by atoms with Gasteiger partial charge in [-0.3, -0.25) is 9.59 Å². The zero-order chi connectivity index (χ0) is 19.5. The second-order valence-electron chi connectivity index (χ2n) is 5.82. The van der Waals surface area contributed by atoms with Crippen molar-refractivity contribution in [1.82, 2.24) is 5.32 Å². The van der Waals surface area contributed by atoms with Crippen molar-refractivity contribution in [2.45, 2.75) is 26.7 Å². The van der Waals surface area contributed by atoms with Gasteiger partial charge in [-0.05, 0) is 50.6 Å². The van der Waals surface area contributed by atoms with Crippen molar-refractivity contribution >= 4 is 17.5 Å². The molecule has 0 aliphatic carbocycles. The van der Waals surface area contributed by atoms with Gasteiger partial charge in [-0.2, -0.15) is 0 Å². The summed E-state index contributed by atoms with van der Waals surface area (Å²) in [5.41, 5.74) is 1.12. The maximum absolute atomic E-state index is 12.1. The third-order valence-electron chi connectivity index (χ3n) is 3.70. The number of nitrogens with one attached hydrogen (secondary N) is 2. The summed E-state index contributed by atoms with van der Waals surface area (Å²) in [6, 6.07) is 14.4. The second kappa shape index (κ2) is 10.9. The Morgan fingerprint density at radius 1 is 0.963 bits per heavy atom. The highest BCUT2D eigenvalue weighted by molar-refractivity contribution is 5.97. The molecule has 0 fully saturated rings. The Morgan fingerprint density at radius 3 is 2.41 bits per heavy atom. The number of rotatable bonds is 10. The van der Waals surface area contributed by atoms with E-state index in [-0.39, 0.29) is 11.8 Å². The SMILES string of the molecule is CCNC(=O)c1cccc(NC(=O)CCCOc2ccccc2OCC)c1. The summed E-state index contributed by atoms with van der Waals surface area (Å²) < 4.78 is 11.2. The molecule has 27 heavy (non-hydrogen) atoms. The molecule has 2 aromatic rings. The lowest BCUT2D eigenvalue weighted by atomic mass is 10.2. The summed E-state index contributed by atoms with van der Waals surface area (Å²) in [7, 11) is 0. The summed E-state index contributed by atoms with van der Waals surface area (Å²) >= 11 is 0. The molecule has 0 spiro atoms. The molecule has 0 saturated heterocycles. The van der Waals surface area contributed by atoms with Gasteiger partial charge >= 0.3 is 0 Å².